The van der Waals surface area contributed by atoms with Gasteiger partial charge in [-0.3, -0.25) is 0 Å². The lowest BCUT2D eigenvalue weighted by Gasteiger charge is -2.06. The van der Waals surface area contributed by atoms with Crippen molar-refractivity contribution in [1.29, 1.82) is 0 Å². The zero-order valence-electron chi connectivity index (χ0n) is 10.9. The summed E-state index contributed by atoms with van der Waals surface area (Å²) in [6, 6.07) is 0. The van der Waals surface area contributed by atoms with Crippen molar-refractivity contribution >= 4 is 28.6 Å². The summed E-state index contributed by atoms with van der Waals surface area (Å²) in [6.07, 6.45) is 5.71. The van der Waals surface area contributed by atoms with Crippen LogP contribution in [-0.4, -0.2) is 37.8 Å². The lowest BCUT2D eigenvalue weighted by molar-refractivity contribution is 0.283. The summed E-state index contributed by atoms with van der Waals surface area (Å²) in [6.45, 7) is 1.08. The van der Waals surface area contributed by atoms with E-state index in [0.717, 1.165) is 43.4 Å². The maximum Gasteiger partial charge on any atom is 0.226 e. The van der Waals surface area contributed by atoms with Gasteiger partial charge < -0.3 is 15.0 Å². The summed E-state index contributed by atoms with van der Waals surface area (Å²) < 4.78 is 1.81. The number of hydrogen-bond donors (Lipinski definition) is 2. The number of fused-ring (bicyclic) bond motifs is 1. The third-order valence-electron chi connectivity index (χ3n) is 2.91. The fourth-order valence-electron chi connectivity index (χ4n) is 1.90. The number of anilines is 1. The number of aryl methyl sites for hydroxylation is 1. The molecular weight excluding hydrogens is 266 g/mol. The molecule has 19 heavy (non-hydrogen) atoms. The van der Waals surface area contributed by atoms with Gasteiger partial charge in [0.2, 0.25) is 5.28 Å². The van der Waals surface area contributed by atoms with Crippen molar-refractivity contribution in [3.63, 3.8) is 0 Å². The molecule has 0 unspecified atom stereocenters. The second kappa shape index (κ2) is 6.68. The van der Waals surface area contributed by atoms with E-state index in [1.807, 2.05) is 11.6 Å². The topological polar surface area (TPSA) is 75.9 Å². The van der Waals surface area contributed by atoms with Crippen molar-refractivity contribution in [3.8, 4) is 0 Å². The van der Waals surface area contributed by atoms with E-state index in [-0.39, 0.29) is 11.9 Å². The van der Waals surface area contributed by atoms with E-state index in [4.69, 9.17) is 16.7 Å². The molecule has 0 saturated heterocycles. The van der Waals surface area contributed by atoms with E-state index in [1.165, 1.54) is 0 Å². The van der Waals surface area contributed by atoms with Gasteiger partial charge >= 0.3 is 0 Å². The lowest BCUT2D eigenvalue weighted by atomic mass is 10.2. The van der Waals surface area contributed by atoms with Crippen LogP contribution in [0.2, 0.25) is 5.28 Å². The molecular formula is C12H18ClN5O. The molecule has 0 aromatic carbocycles. The summed E-state index contributed by atoms with van der Waals surface area (Å²) in [5, 5.41) is 12.2. The van der Waals surface area contributed by atoms with Crippen LogP contribution < -0.4 is 5.32 Å². The van der Waals surface area contributed by atoms with Crippen LogP contribution in [0, 0.1) is 0 Å². The maximum atomic E-state index is 8.69. The highest BCUT2D eigenvalue weighted by Crippen LogP contribution is 2.20. The maximum absolute atomic E-state index is 8.69. The van der Waals surface area contributed by atoms with Gasteiger partial charge in [0.25, 0.3) is 0 Å². The van der Waals surface area contributed by atoms with Gasteiger partial charge in [-0.25, -0.2) is 4.98 Å². The van der Waals surface area contributed by atoms with Crippen LogP contribution in [0.4, 0.5) is 5.82 Å². The zero-order valence-corrected chi connectivity index (χ0v) is 11.7. The first-order valence-electron chi connectivity index (χ1n) is 6.41. The number of unbranched alkanes of at least 4 members (excludes halogenated alkanes) is 3. The number of hydrogen-bond acceptors (Lipinski definition) is 5. The van der Waals surface area contributed by atoms with E-state index in [9.17, 15) is 0 Å². The van der Waals surface area contributed by atoms with E-state index in [2.05, 4.69) is 20.3 Å². The fourth-order valence-corrected chi connectivity index (χ4v) is 2.07. The number of nitrogens with one attached hydrogen (secondary N) is 1. The molecule has 0 aliphatic heterocycles. The van der Waals surface area contributed by atoms with Crippen molar-refractivity contribution in [2.75, 3.05) is 18.5 Å². The molecule has 6 nitrogen and oxygen atoms in total. The number of imidazole rings is 1. The average Bonchev–Trinajstić information content (AvgIpc) is 2.75. The highest BCUT2D eigenvalue weighted by molar-refractivity contribution is 6.28. The molecule has 0 atom stereocenters. The highest BCUT2D eigenvalue weighted by Gasteiger charge is 2.10. The summed E-state index contributed by atoms with van der Waals surface area (Å²) in [4.78, 5) is 12.6. The molecule has 2 N–H and O–H groups in total. The summed E-state index contributed by atoms with van der Waals surface area (Å²) >= 11 is 5.90. The number of aromatic nitrogens is 4. The van der Waals surface area contributed by atoms with Gasteiger partial charge in [-0.2, -0.15) is 9.97 Å². The minimum Gasteiger partial charge on any atom is -0.396 e. The number of aliphatic hydroxyl groups excluding tert-OH is 1. The Bertz CT molecular complexity index is 542. The second-order valence-corrected chi connectivity index (χ2v) is 4.77. The highest BCUT2D eigenvalue weighted by atomic mass is 35.5. The van der Waals surface area contributed by atoms with E-state index < -0.39 is 0 Å². The van der Waals surface area contributed by atoms with Crippen LogP contribution >= 0.6 is 11.6 Å². The molecule has 2 aromatic heterocycles. The van der Waals surface area contributed by atoms with Crippen LogP contribution in [0.15, 0.2) is 6.33 Å². The molecule has 0 spiro atoms. The van der Waals surface area contributed by atoms with Gasteiger partial charge in [-0.05, 0) is 24.4 Å². The monoisotopic (exact) mass is 283 g/mol. The van der Waals surface area contributed by atoms with Crippen LogP contribution in [0.1, 0.15) is 25.7 Å². The summed E-state index contributed by atoms with van der Waals surface area (Å²) in [5.74, 6) is 0.678. The first-order valence-corrected chi connectivity index (χ1v) is 6.79. The Morgan fingerprint density at radius 2 is 2.05 bits per heavy atom. The van der Waals surface area contributed by atoms with E-state index >= 15 is 0 Å². The normalized spacial score (nSPS) is 11.1. The molecule has 7 heteroatoms. The lowest BCUT2D eigenvalue weighted by Crippen LogP contribution is -2.05. The van der Waals surface area contributed by atoms with Gasteiger partial charge in [-0.15, -0.1) is 0 Å². The molecule has 0 saturated carbocycles. The Hall–Kier alpha value is -1.40. The van der Waals surface area contributed by atoms with Gasteiger partial charge in [-0.1, -0.05) is 12.8 Å². The molecule has 0 bridgehead atoms. The summed E-state index contributed by atoms with van der Waals surface area (Å²) in [7, 11) is 1.87. The Morgan fingerprint density at radius 1 is 1.26 bits per heavy atom. The third-order valence-corrected chi connectivity index (χ3v) is 3.08. The predicted octanol–water partition coefficient (Wildman–Crippen LogP) is 1.98. The number of rotatable bonds is 7. The number of halogens is 1. The van der Waals surface area contributed by atoms with Crippen molar-refractivity contribution in [1.82, 2.24) is 19.5 Å². The SMILES string of the molecule is Cn1cnc2c(NCCCCCCO)nc(Cl)nc21. The number of nitrogens with zero attached hydrogens (tertiary/aromatic N) is 4. The van der Waals surface area contributed by atoms with Crippen LogP contribution in [0.3, 0.4) is 0 Å². The van der Waals surface area contributed by atoms with Crippen LogP contribution in [0.25, 0.3) is 11.2 Å². The molecule has 0 amide bonds. The van der Waals surface area contributed by atoms with Crippen molar-refractivity contribution in [2.24, 2.45) is 7.05 Å². The predicted molar refractivity (Wildman–Crippen MR) is 75.4 cm³/mol. The smallest absolute Gasteiger partial charge is 0.226 e. The van der Waals surface area contributed by atoms with Crippen molar-refractivity contribution in [3.05, 3.63) is 11.6 Å². The first kappa shape index (κ1) is 14.0. The Kier molecular flexibility index (Phi) is 4.93. The quantitative estimate of drug-likeness (QED) is 0.600. The average molecular weight is 284 g/mol. The van der Waals surface area contributed by atoms with Crippen molar-refractivity contribution in [2.45, 2.75) is 25.7 Å². The number of aliphatic hydroxyl groups is 1. The summed E-state index contributed by atoms with van der Waals surface area (Å²) in [5.41, 5.74) is 1.46. The molecule has 2 aromatic rings. The van der Waals surface area contributed by atoms with Crippen LogP contribution in [0.5, 0.6) is 0 Å². The van der Waals surface area contributed by atoms with Crippen molar-refractivity contribution < 1.29 is 5.11 Å². The fraction of sp³-hybridized carbons (Fsp3) is 0.583. The Morgan fingerprint density at radius 3 is 2.84 bits per heavy atom. The zero-order chi connectivity index (χ0) is 13.7. The van der Waals surface area contributed by atoms with Gasteiger partial charge in [0.1, 0.15) is 0 Å². The standard InChI is InChI=1S/C12H18ClN5O/c1-18-8-15-9-10(16-12(13)17-11(9)18)14-6-4-2-3-5-7-19/h8,19H,2-7H2,1H3,(H,14,16,17). The van der Waals surface area contributed by atoms with E-state index in [1.54, 1.807) is 6.33 Å². The first-order chi connectivity index (χ1) is 9.22. The molecule has 104 valence electrons. The van der Waals surface area contributed by atoms with E-state index in [0.29, 0.717) is 5.82 Å². The second-order valence-electron chi connectivity index (χ2n) is 4.43. The third kappa shape index (κ3) is 3.54. The molecule has 0 aliphatic rings. The van der Waals surface area contributed by atoms with Gasteiger partial charge in [0.05, 0.1) is 6.33 Å². The Balaban J connectivity index is 1.96. The van der Waals surface area contributed by atoms with Crippen LogP contribution in [-0.2, 0) is 7.05 Å². The molecule has 0 radical (unpaired) electrons. The Labute approximate surface area is 116 Å². The molecule has 0 fully saturated rings. The molecule has 2 heterocycles. The van der Waals surface area contributed by atoms with Gasteiger partial charge in [0.15, 0.2) is 17.0 Å². The van der Waals surface area contributed by atoms with Gasteiger partial charge in [0, 0.05) is 20.2 Å². The largest absolute Gasteiger partial charge is 0.396 e. The molecule has 0 aliphatic carbocycles. The molecule has 2 rings (SSSR count). The minimum atomic E-state index is 0.221. The minimum absolute atomic E-state index is 0.221.